The number of nitrogens with zero attached hydrogens (tertiary/aromatic N) is 2. The molecule has 1 N–H and O–H groups in total. The molecule has 1 atom stereocenters. The number of aryl methyl sites for hydroxylation is 2. The van der Waals surface area contributed by atoms with Gasteiger partial charge in [0.15, 0.2) is 0 Å². The van der Waals surface area contributed by atoms with E-state index >= 15 is 0 Å². The summed E-state index contributed by atoms with van der Waals surface area (Å²) in [7, 11) is 0. The van der Waals surface area contributed by atoms with Crippen molar-refractivity contribution in [3.8, 4) is 0 Å². The van der Waals surface area contributed by atoms with E-state index in [1.165, 1.54) is 12.1 Å². The van der Waals surface area contributed by atoms with Crippen molar-refractivity contribution >= 4 is 11.6 Å². The van der Waals surface area contributed by atoms with E-state index < -0.39 is 11.6 Å². The number of carbonyl (C=O) groups is 1. The standard InChI is InChI=1S/C16H17F2N3O2/c1-9-15(10(2)23-20-9)16(22)19-12-5-6-21(8-12)14-4-3-11(17)7-13(14)18/h3-4,7,12H,5-6,8H2,1-2H3,(H,19,22). The van der Waals surface area contributed by atoms with Crippen molar-refractivity contribution in [2.45, 2.75) is 26.3 Å². The van der Waals surface area contributed by atoms with Gasteiger partial charge in [-0.1, -0.05) is 5.16 Å². The zero-order valence-corrected chi connectivity index (χ0v) is 12.9. The summed E-state index contributed by atoms with van der Waals surface area (Å²) in [6.07, 6.45) is 0.686. The maximum absolute atomic E-state index is 13.8. The average molecular weight is 321 g/mol. The van der Waals surface area contributed by atoms with Gasteiger partial charge in [0, 0.05) is 25.2 Å². The van der Waals surface area contributed by atoms with Gasteiger partial charge in [-0.3, -0.25) is 4.79 Å². The molecule has 23 heavy (non-hydrogen) atoms. The highest BCUT2D eigenvalue weighted by molar-refractivity contribution is 5.96. The van der Waals surface area contributed by atoms with Gasteiger partial charge in [0.2, 0.25) is 0 Å². The van der Waals surface area contributed by atoms with Gasteiger partial charge in [0.1, 0.15) is 23.0 Å². The zero-order chi connectivity index (χ0) is 16.6. The van der Waals surface area contributed by atoms with Crippen molar-refractivity contribution in [3.63, 3.8) is 0 Å². The lowest BCUT2D eigenvalue weighted by atomic mass is 10.1. The van der Waals surface area contributed by atoms with E-state index in [4.69, 9.17) is 4.52 Å². The molecule has 1 unspecified atom stereocenters. The Kier molecular flexibility index (Phi) is 4.02. The molecule has 1 fully saturated rings. The van der Waals surface area contributed by atoms with E-state index in [1.54, 1.807) is 18.7 Å². The van der Waals surface area contributed by atoms with Crippen LogP contribution in [0, 0.1) is 25.5 Å². The van der Waals surface area contributed by atoms with Crippen LogP contribution in [0.3, 0.4) is 0 Å². The summed E-state index contributed by atoms with van der Waals surface area (Å²) in [5, 5.41) is 6.68. The van der Waals surface area contributed by atoms with Crippen LogP contribution < -0.4 is 10.2 Å². The number of hydrogen-bond donors (Lipinski definition) is 1. The lowest BCUT2D eigenvalue weighted by Crippen LogP contribution is -2.37. The van der Waals surface area contributed by atoms with Crippen molar-refractivity contribution in [1.82, 2.24) is 10.5 Å². The fraction of sp³-hybridized carbons (Fsp3) is 0.375. The molecule has 1 amide bonds. The van der Waals surface area contributed by atoms with Gasteiger partial charge < -0.3 is 14.7 Å². The van der Waals surface area contributed by atoms with Crippen LogP contribution >= 0.6 is 0 Å². The summed E-state index contributed by atoms with van der Waals surface area (Å²) in [6, 6.07) is 3.41. The maximum atomic E-state index is 13.8. The fourth-order valence-electron chi connectivity index (χ4n) is 2.90. The highest BCUT2D eigenvalue weighted by Crippen LogP contribution is 2.24. The third-order valence-corrected chi connectivity index (χ3v) is 4.03. The molecule has 2 heterocycles. The van der Waals surface area contributed by atoms with Crippen LogP contribution in [-0.4, -0.2) is 30.2 Å². The first kappa shape index (κ1) is 15.5. The van der Waals surface area contributed by atoms with Gasteiger partial charge in [0.05, 0.1) is 11.4 Å². The van der Waals surface area contributed by atoms with Crippen molar-refractivity contribution in [1.29, 1.82) is 0 Å². The normalized spacial score (nSPS) is 17.6. The van der Waals surface area contributed by atoms with E-state index in [9.17, 15) is 13.6 Å². The molecule has 1 aliphatic heterocycles. The second-order valence-corrected chi connectivity index (χ2v) is 5.70. The van der Waals surface area contributed by atoms with Crippen LogP contribution in [0.1, 0.15) is 28.2 Å². The van der Waals surface area contributed by atoms with Gasteiger partial charge in [-0.25, -0.2) is 8.78 Å². The second kappa shape index (κ2) is 5.98. The zero-order valence-electron chi connectivity index (χ0n) is 12.9. The Morgan fingerprint density at radius 2 is 2.17 bits per heavy atom. The minimum absolute atomic E-state index is 0.111. The van der Waals surface area contributed by atoms with Crippen molar-refractivity contribution in [3.05, 3.63) is 46.9 Å². The molecule has 1 saturated heterocycles. The van der Waals surface area contributed by atoms with E-state index in [-0.39, 0.29) is 11.9 Å². The Morgan fingerprint density at radius 3 is 2.83 bits per heavy atom. The Bertz CT molecular complexity index is 725. The number of rotatable bonds is 3. The molecule has 0 aliphatic carbocycles. The number of hydrogen-bond acceptors (Lipinski definition) is 4. The van der Waals surface area contributed by atoms with Gasteiger partial charge in [-0.2, -0.15) is 0 Å². The molecule has 3 rings (SSSR count). The molecule has 0 spiro atoms. The molecule has 7 heteroatoms. The number of anilines is 1. The number of nitrogens with one attached hydrogen (secondary N) is 1. The highest BCUT2D eigenvalue weighted by atomic mass is 19.1. The van der Waals surface area contributed by atoms with Crippen LogP contribution in [-0.2, 0) is 0 Å². The largest absolute Gasteiger partial charge is 0.367 e. The van der Waals surface area contributed by atoms with E-state index in [0.29, 0.717) is 42.2 Å². The summed E-state index contributed by atoms with van der Waals surface area (Å²) in [5.74, 6) is -0.969. The first-order valence-corrected chi connectivity index (χ1v) is 7.39. The smallest absolute Gasteiger partial charge is 0.257 e. The Balaban J connectivity index is 1.67. The number of benzene rings is 1. The minimum atomic E-state index is -0.603. The predicted octanol–water partition coefficient (Wildman–Crippen LogP) is 2.58. The molecular formula is C16H17F2N3O2. The molecule has 0 radical (unpaired) electrons. The van der Waals surface area contributed by atoms with Gasteiger partial charge >= 0.3 is 0 Å². The highest BCUT2D eigenvalue weighted by Gasteiger charge is 2.27. The van der Waals surface area contributed by atoms with Crippen LogP contribution in [0.4, 0.5) is 14.5 Å². The van der Waals surface area contributed by atoms with E-state index in [0.717, 1.165) is 6.07 Å². The summed E-state index contributed by atoms with van der Waals surface area (Å²) in [4.78, 5) is 14.1. The van der Waals surface area contributed by atoms with Crippen LogP contribution in [0.5, 0.6) is 0 Å². The van der Waals surface area contributed by atoms with Crippen molar-refractivity contribution in [2.75, 3.05) is 18.0 Å². The molecule has 0 saturated carbocycles. The van der Waals surface area contributed by atoms with Crippen LogP contribution in [0.25, 0.3) is 0 Å². The van der Waals surface area contributed by atoms with Crippen molar-refractivity contribution < 1.29 is 18.1 Å². The molecule has 1 aromatic carbocycles. The molecule has 2 aromatic rings. The lowest BCUT2D eigenvalue weighted by molar-refractivity contribution is 0.0938. The SMILES string of the molecule is Cc1noc(C)c1C(=O)NC1CCN(c2ccc(F)cc2F)C1. The first-order chi connectivity index (χ1) is 11.0. The Labute approximate surface area is 132 Å². The number of amides is 1. The topological polar surface area (TPSA) is 58.4 Å². The number of halogens is 2. The van der Waals surface area contributed by atoms with Crippen LogP contribution in [0.15, 0.2) is 22.7 Å². The van der Waals surface area contributed by atoms with Gasteiger partial charge in [0.25, 0.3) is 5.91 Å². The average Bonchev–Trinajstić information content (AvgIpc) is 3.06. The third-order valence-electron chi connectivity index (χ3n) is 4.03. The number of carbonyl (C=O) groups excluding carboxylic acids is 1. The summed E-state index contributed by atoms with van der Waals surface area (Å²) >= 11 is 0. The second-order valence-electron chi connectivity index (χ2n) is 5.70. The molecule has 1 aliphatic rings. The lowest BCUT2D eigenvalue weighted by Gasteiger charge is -2.19. The summed E-state index contributed by atoms with van der Waals surface area (Å²) in [6.45, 7) is 4.46. The number of aromatic nitrogens is 1. The Hall–Kier alpha value is -2.44. The first-order valence-electron chi connectivity index (χ1n) is 7.39. The molecule has 122 valence electrons. The maximum Gasteiger partial charge on any atom is 0.257 e. The predicted molar refractivity (Wildman–Crippen MR) is 80.4 cm³/mol. The van der Waals surface area contributed by atoms with Gasteiger partial charge in [-0.15, -0.1) is 0 Å². The molecule has 1 aromatic heterocycles. The van der Waals surface area contributed by atoms with E-state index in [2.05, 4.69) is 10.5 Å². The third kappa shape index (κ3) is 3.04. The fourth-order valence-corrected chi connectivity index (χ4v) is 2.90. The Morgan fingerprint density at radius 1 is 1.39 bits per heavy atom. The summed E-state index contributed by atoms with van der Waals surface area (Å²) in [5.41, 5.74) is 1.33. The monoisotopic (exact) mass is 321 g/mol. The summed E-state index contributed by atoms with van der Waals surface area (Å²) < 4.78 is 31.8. The molecule has 0 bridgehead atoms. The molecule has 5 nitrogen and oxygen atoms in total. The van der Waals surface area contributed by atoms with E-state index in [1.807, 2.05) is 0 Å². The van der Waals surface area contributed by atoms with Crippen molar-refractivity contribution in [2.24, 2.45) is 0 Å². The van der Waals surface area contributed by atoms with Gasteiger partial charge in [-0.05, 0) is 32.4 Å². The molecular weight excluding hydrogens is 304 g/mol. The minimum Gasteiger partial charge on any atom is -0.367 e. The quantitative estimate of drug-likeness (QED) is 0.944. The van der Waals surface area contributed by atoms with Crippen LogP contribution in [0.2, 0.25) is 0 Å².